The van der Waals surface area contributed by atoms with E-state index in [0.717, 1.165) is 0 Å². The quantitative estimate of drug-likeness (QED) is 0.398. The van der Waals surface area contributed by atoms with E-state index in [1.165, 1.54) is 6.07 Å². The molecule has 3 rings (SSSR count). The summed E-state index contributed by atoms with van der Waals surface area (Å²) in [7, 11) is 0. The molecule has 0 aliphatic rings. The Morgan fingerprint density at radius 2 is 1.83 bits per heavy atom. The maximum atomic E-state index is 13.4. The van der Waals surface area contributed by atoms with Crippen molar-refractivity contribution in [3.05, 3.63) is 57.7 Å². The van der Waals surface area contributed by atoms with Crippen LogP contribution in [-0.2, 0) is 19.0 Å². The van der Waals surface area contributed by atoms with Crippen molar-refractivity contribution < 1.29 is 22.4 Å². The van der Waals surface area contributed by atoms with Crippen LogP contribution < -0.4 is 4.74 Å². The van der Waals surface area contributed by atoms with Crippen LogP contribution in [0.1, 0.15) is 55.2 Å². The third-order valence-corrected chi connectivity index (χ3v) is 4.95. The van der Waals surface area contributed by atoms with E-state index < -0.39 is 18.0 Å². The lowest BCUT2D eigenvalue weighted by atomic mass is 9.97. The molecule has 1 heterocycles. The van der Waals surface area contributed by atoms with Crippen molar-refractivity contribution >= 4 is 22.6 Å². The van der Waals surface area contributed by atoms with E-state index in [1.807, 2.05) is 13.8 Å². The van der Waals surface area contributed by atoms with Gasteiger partial charge in [-0.1, -0.05) is 55.6 Å². The second kappa shape index (κ2) is 8.97. The number of fused-ring (bicyclic) bond motifs is 1. The zero-order valence-corrected chi connectivity index (χ0v) is 17.3. The number of rotatable bonds is 7. The van der Waals surface area contributed by atoms with Crippen molar-refractivity contribution in [2.45, 2.75) is 51.8 Å². The molecule has 1 atom stereocenters. The number of nitriles is 1. The first kappa shape index (κ1) is 22.0. The fraction of sp³-hybridized carbons (Fsp3) is 0.364. The van der Waals surface area contributed by atoms with E-state index in [-0.39, 0.29) is 11.0 Å². The van der Waals surface area contributed by atoms with E-state index >= 15 is 0 Å². The van der Waals surface area contributed by atoms with Crippen LogP contribution in [0.4, 0.5) is 13.2 Å². The van der Waals surface area contributed by atoms with Gasteiger partial charge in [-0.15, -0.1) is 0 Å². The van der Waals surface area contributed by atoms with Gasteiger partial charge in [0.2, 0.25) is 6.10 Å². The summed E-state index contributed by atoms with van der Waals surface area (Å²) in [6.07, 6.45) is -3.31. The topological polar surface area (TPSA) is 59.1 Å². The summed E-state index contributed by atoms with van der Waals surface area (Å²) in [6.45, 7) is 3.83. The highest BCUT2D eigenvalue weighted by atomic mass is 35.5. The zero-order chi connectivity index (χ0) is 21.9. The van der Waals surface area contributed by atoms with Gasteiger partial charge in [0.15, 0.2) is 11.3 Å². The SMILES string of the molecule is CCCc1cc2c(C(F)(F)F)noc2c(CCC)c1OC(C#N)c1ccc(Cl)cc1. The molecule has 0 aliphatic heterocycles. The smallest absolute Gasteiger partial charge is 0.437 e. The van der Waals surface area contributed by atoms with Gasteiger partial charge in [-0.25, -0.2) is 0 Å². The molecule has 0 saturated heterocycles. The average molecular weight is 437 g/mol. The van der Waals surface area contributed by atoms with Crippen molar-refractivity contribution in [2.24, 2.45) is 0 Å². The molecular formula is C22H20ClF3N2O2. The van der Waals surface area contributed by atoms with Crippen molar-refractivity contribution in [3.8, 4) is 11.8 Å². The number of nitrogens with zero attached hydrogens (tertiary/aromatic N) is 2. The summed E-state index contributed by atoms with van der Waals surface area (Å²) in [4.78, 5) is 0. The third-order valence-electron chi connectivity index (χ3n) is 4.70. The van der Waals surface area contributed by atoms with Crippen molar-refractivity contribution in [1.29, 1.82) is 5.26 Å². The van der Waals surface area contributed by atoms with E-state index in [4.69, 9.17) is 20.9 Å². The highest BCUT2D eigenvalue weighted by molar-refractivity contribution is 6.30. The molecule has 0 N–H and O–H groups in total. The number of benzene rings is 2. The van der Waals surface area contributed by atoms with Crippen molar-refractivity contribution in [2.75, 3.05) is 0 Å². The predicted molar refractivity (Wildman–Crippen MR) is 107 cm³/mol. The van der Waals surface area contributed by atoms with Gasteiger partial charge in [0.1, 0.15) is 11.8 Å². The molecule has 0 amide bonds. The summed E-state index contributed by atoms with van der Waals surface area (Å²) in [5.74, 6) is 0.387. The minimum atomic E-state index is -4.63. The Balaban J connectivity index is 2.18. The highest BCUT2D eigenvalue weighted by Crippen LogP contribution is 2.41. The minimum Gasteiger partial charge on any atom is -0.470 e. The Kier molecular flexibility index (Phi) is 6.57. The Bertz CT molecular complexity index is 1070. The largest absolute Gasteiger partial charge is 0.470 e. The lowest BCUT2D eigenvalue weighted by Crippen LogP contribution is -2.10. The van der Waals surface area contributed by atoms with Crippen LogP contribution in [0.5, 0.6) is 5.75 Å². The van der Waals surface area contributed by atoms with Gasteiger partial charge in [-0.2, -0.15) is 18.4 Å². The fourth-order valence-corrected chi connectivity index (χ4v) is 3.52. The van der Waals surface area contributed by atoms with Gasteiger partial charge in [0.05, 0.1) is 5.39 Å². The molecule has 0 saturated carbocycles. The number of hydrogen-bond donors (Lipinski definition) is 0. The summed E-state index contributed by atoms with van der Waals surface area (Å²) in [6, 6.07) is 10.2. The highest BCUT2D eigenvalue weighted by Gasteiger charge is 2.38. The minimum absolute atomic E-state index is 0.0480. The van der Waals surface area contributed by atoms with E-state index in [1.54, 1.807) is 24.3 Å². The maximum absolute atomic E-state index is 13.4. The lowest BCUT2D eigenvalue weighted by Gasteiger charge is -2.20. The summed E-state index contributed by atoms with van der Waals surface area (Å²) in [5.41, 5.74) is 0.688. The number of aryl methyl sites for hydroxylation is 2. The van der Waals surface area contributed by atoms with Crippen LogP contribution in [0.15, 0.2) is 34.9 Å². The van der Waals surface area contributed by atoms with Crippen LogP contribution in [-0.4, -0.2) is 5.16 Å². The van der Waals surface area contributed by atoms with Crippen LogP contribution in [0, 0.1) is 11.3 Å². The molecule has 30 heavy (non-hydrogen) atoms. The molecule has 2 aromatic carbocycles. The molecule has 0 spiro atoms. The first-order valence-corrected chi connectivity index (χ1v) is 10.0. The van der Waals surface area contributed by atoms with Crippen molar-refractivity contribution in [1.82, 2.24) is 5.16 Å². The van der Waals surface area contributed by atoms with Gasteiger partial charge >= 0.3 is 6.18 Å². The molecule has 1 unspecified atom stereocenters. The molecule has 0 radical (unpaired) electrons. The average Bonchev–Trinajstić information content (AvgIpc) is 3.13. The van der Waals surface area contributed by atoms with Gasteiger partial charge in [0.25, 0.3) is 0 Å². The van der Waals surface area contributed by atoms with Gasteiger partial charge in [-0.05, 0) is 36.6 Å². The lowest BCUT2D eigenvalue weighted by molar-refractivity contribution is -0.141. The summed E-state index contributed by atoms with van der Waals surface area (Å²) < 4.78 is 51.4. The Morgan fingerprint density at radius 1 is 1.17 bits per heavy atom. The normalized spacial score (nSPS) is 12.7. The van der Waals surface area contributed by atoms with Gasteiger partial charge < -0.3 is 9.26 Å². The standard InChI is InChI=1S/C22H20ClF3N2O2/c1-3-5-14-11-17-20(30-28-21(17)22(24,25)26)16(6-4-2)19(14)29-18(12-27)13-7-9-15(23)10-8-13/h7-11,18H,3-6H2,1-2H3. The molecule has 158 valence electrons. The third kappa shape index (κ3) is 4.39. The van der Waals surface area contributed by atoms with Crippen LogP contribution in [0.2, 0.25) is 5.02 Å². The molecule has 0 aliphatic carbocycles. The number of alkyl halides is 3. The number of halogens is 4. The second-order valence-corrected chi connectivity index (χ2v) is 7.36. The second-order valence-electron chi connectivity index (χ2n) is 6.93. The Hall–Kier alpha value is -2.72. The monoisotopic (exact) mass is 436 g/mol. The van der Waals surface area contributed by atoms with E-state index in [9.17, 15) is 18.4 Å². The zero-order valence-electron chi connectivity index (χ0n) is 16.5. The number of ether oxygens (including phenoxy) is 1. The molecule has 8 heteroatoms. The van der Waals surface area contributed by atoms with E-state index in [0.29, 0.717) is 53.1 Å². The fourth-order valence-electron chi connectivity index (χ4n) is 3.39. The molecule has 4 nitrogen and oxygen atoms in total. The van der Waals surface area contributed by atoms with Gasteiger partial charge in [-0.3, -0.25) is 0 Å². The Labute approximate surface area is 177 Å². The molecule has 0 bridgehead atoms. The summed E-state index contributed by atoms with van der Waals surface area (Å²) >= 11 is 5.92. The molecule has 0 fully saturated rings. The van der Waals surface area contributed by atoms with E-state index in [2.05, 4.69) is 11.2 Å². The maximum Gasteiger partial charge on any atom is 0.437 e. The molecule has 1 aromatic heterocycles. The van der Waals surface area contributed by atoms with Crippen LogP contribution in [0.25, 0.3) is 11.0 Å². The van der Waals surface area contributed by atoms with Gasteiger partial charge in [0, 0.05) is 16.1 Å². The Morgan fingerprint density at radius 3 is 2.40 bits per heavy atom. The predicted octanol–water partition coefficient (Wildman–Crippen LogP) is 7.05. The number of hydrogen-bond acceptors (Lipinski definition) is 4. The van der Waals surface area contributed by atoms with Crippen LogP contribution >= 0.6 is 11.6 Å². The number of aromatic nitrogens is 1. The first-order chi connectivity index (χ1) is 14.3. The van der Waals surface area contributed by atoms with Crippen LogP contribution in [0.3, 0.4) is 0 Å². The first-order valence-electron chi connectivity index (χ1n) is 9.63. The van der Waals surface area contributed by atoms with Crippen molar-refractivity contribution in [3.63, 3.8) is 0 Å². The molecule has 3 aromatic rings. The summed E-state index contributed by atoms with van der Waals surface area (Å²) in [5, 5.41) is 13.4. The molecular weight excluding hydrogens is 417 g/mol.